The van der Waals surface area contributed by atoms with E-state index >= 15 is 0 Å². The zero-order chi connectivity index (χ0) is 14.5. The molecule has 0 aliphatic rings. The van der Waals surface area contributed by atoms with Gasteiger partial charge in [-0.25, -0.2) is 4.98 Å². The number of esters is 1. The number of aromatic nitrogens is 1. The molecule has 0 unspecified atom stereocenters. The van der Waals surface area contributed by atoms with Gasteiger partial charge in [0.1, 0.15) is 11.1 Å². The molecule has 102 valence electrons. The van der Waals surface area contributed by atoms with Gasteiger partial charge in [-0.05, 0) is 25.5 Å². The van der Waals surface area contributed by atoms with Gasteiger partial charge in [-0.1, -0.05) is 30.0 Å². The molecule has 1 heterocycles. The fourth-order valence-corrected chi connectivity index (χ4v) is 2.76. The number of nitriles is 1. The summed E-state index contributed by atoms with van der Waals surface area (Å²) < 4.78 is 4.88. The second-order valence-corrected chi connectivity index (χ2v) is 5.10. The molecule has 4 nitrogen and oxygen atoms in total. The number of benzene rings is 1. The van der Waals surface area contributed by atoms with E-state index in [1.165, 1.54) is 11.8 Å². The van der Waals surface area contributed by atoms with Crippen LogP contribution in [-0.4, -0.2) is 23.3 Å². The van der Waals surface area contributed by atoms with Crippen LogP contribution in [0.15, 0.2) is 29.3 Å². The molecule has 5 heteroatoms. The van der Waals surface area contributed by atoms with Crippen LogP contribution in [0.1, 0.15) is 18.1 Å². The second-order valence-electron chi connectivity index (χ2n) is 4.14. The number of pyridine rings is 1. The standard InChI is InChI=1S/C15H14N2O2S/c1-3-19-14(18)9-20-15-12(8-16)10(2)11-6-4-5-7-13(11)17-15/h4-7H,3,9H2,1-2H3. The summed E-state index contributed by atoms with van der Waals surface area (Å²) in [5.74, 6) is -0.137. The minimum absolute atomic E-state index is 0.160. The highest BCUT2D eigenvalue weighted by Gasteiger charge is 2.14. The van der Waals surface area contributed by atoms with E-state index < -0.39 is 0 Å². The molecule has 0 saturated carbocycles. The average molecular weight is 286 g/mol. The summed E-state index contributed by atoms with van der Waals surface area (Å²) in [6.45, 7) is 4.02. The van der Waals surface area contributed by atoms with Gasteiger partial charge in [0.2, 0.25) is 0 Å². The fourth-order valence-electron chi connectivity index (χ4n) is 1.91. The molecule has 0 radical (unpaired) electrons. The van der Waals surface area contributed by atoms with Crippen LogP contribution in [0.3, 0.4) is 0 Å². The number of rotatable bonds is 4. The number of nitrogens with zero attached hydrogens (tertiary/aromatic N) is 2. The number of hydrogen-bond acceptors (Lipinski definition) is 5. The Kier molecular flexibility index (Phi) is 4.59. The Bertz CT molecular complexity index is 692. The average Bonchev–Trinajstić information content (AvgIpc) is 2.46. The minimum atomic E-state index is -0.297. The van der Waals surface area contributed by atoms with Crippen LogP contribution in [-0.2, 0) is 9.53 Å². The number of thioether (sulfide) groups is 1. The first-order valence-electron chi connectivity index (χ1n) is 6.25. The van der Waals surface area contributed by atoms with Gasteiger partial charge < -0.3 is 4.74 Å². The number of hydrogen-bond donors (Lipinski definition) is 0. The molecular weight excluding hydrogens is 272 g/mol. The third kappa shape index (κ3) is 2.91. The number of carbonyl (C=O) groups is 1. The molecular formula is C15H14N2O2S. The predicted octanol–water partition coefficient (Wildman–Crippen LogP) is 3.07. The van der Waals surface area contributed by atoms with E-state index in [2.05, 4.69) is 11.1 Å². The molecule has 1 aromatic carbocycles. The molecule has 1 aromatic heterocycles. The number of carbonyl (C=O) groups excluding carboxylic acids is 1. The highest BCUT2D eigenvalue weighted by molar-refractivity contribution is 7.99. The number of aryl methyl sites for hydroxylation is 1. The van der Waals surface area contributed by atoms with E-state index in [-0.39, 0.29) is 11.7 Å². The van der Waals surface area contributed by atoms with Crippen LogP contribution < -0.4 is 0 Å². The van der Waals surface area contributed by atoms with Gasteiger partial charge in [-0.15, -0.1) is 0 Å². The van der Waals surface area contributed by atoms with Gasteiger partial charge in [0.15, 0.2) is 0 Å². The van der Waals surface area contributed by atoms with E-state index in [0.717, 1.165) is 16.5 Å². The number of para-hydroxylation sites is 1. The minimum Gasteiger partial charge on any atom is -0.465 e. The van der Waals surface area contributed by atoms with Crippen molar-refractivity contribution in [2.24, 2.45) is 0 Å². The van der Waals surface area contributed by atoms with E-state index in [9.17, 15) is 10.1 Å². The molecule has 20 heavy (non-hydrogen) atoms. The maximum absolute atomic E-state index is 11.4. The predicted molar refractivity (Wildman–Crippen MR) is 78.6 cm³/mol. The molecule has 0 saturated heterocycles. The molecule has 0 atom stereocenters. The molecule has 0 N–H and O–H groups in total. The monoisotopic (exact) mass is 286 g/mol. The Hall–Kier alpha value is -2.06. The molecule has 0 amide bonds. The van der Waals surface area contributed by atoms with Crippen LogP contribution in [0.2, 0.25) is 0 Å². The summed E-state index contributed by atoms with van der Waals surface area (Å²) in [4.78, 5) is 15.9. The lowest BCUT2D eigenvalue weighted by Crippen LogP contribution is -2.07. The lowest BCUT2D eigenvalue weighted by atomic mass is 10.1. The Morgan fingerprint density at radius 1 is 1.45 bits per heavy atom. The lowest BCUT2D eigenvalue weighted by molar-refractivity contribution is -0.139. The normalized spacial score (nSPS) is 10.2. The van der Waals surface area contributed by atoms with Crippen LogP contribution in [0.25, 0.3) is 10.9 Å². The molecule has 0 bridgehead atoms. The topological polar surface area (TPSA) is 63.0 Å². The van der Waals surface area contributed by atoms with Crippen molar-refractivity contribution in [3.8, 4) is 6.07 Å². The summed E-state index contributed by atoms with van der Waals surface area (Å²) in [6.07, 6.45) is 0. The Morgan fingerprint density at radius 3 is 2.90 bits per heavy atom. The van der Waals surface area contributed by atoms with Gasteiger partial charge in [0.25, 0.3) is 0 Å². The van der Waals surface area contributed by atoms with E-state index in [0.29, 0.717) is 17.2 Å². The zero-order valence-electron chi connectivity index (χ0n) is 11.3. The molecule has 0 aliphatic heterocycles. The first-order chi connectivity index (χ1) is 9.67. The first kappa shape index (κ1) is 14.4. The van der Waals surface area contributed by atoms with Crippen molar-refractivity contribution in [2.45, 2.75) is 18.9 Å². The van der Waals surface area contributed by atoms with Gasteiger partial charge in [0.05, 0.1) is 23.4 Å². The molecule has 2 aromatic rings. The molecule has 0 fully saturated rings. The maximum Gasteiger partial charge on any atom is 0.316 e. The quantitative estimate of drug-likeness (QED) is 0.638. The van der Waals surface area contributed by atoms with E-state index in [1.807, 2.05) is 31.2 Å². The maximum atomic E-state index is 11.4. The SMILES string of the molecule is CCOC(=O)CSc1nc2ccccc2c(C)c1C#N. The summed E-state index contributed by atoms with van der Waals surface area (Å²) in [6, 6.07) is 9.84. The van der Waals surface area contributed by atoms with Crippen LogP contribution in [0, 0.1) is 18.3 Å². The van der Waals surface area contributed by atoms with Crippen molar-refractivity contribution < 1.29 is 9.53 Å². The first-order valence-corrected chi connectivity index (χ1v) is 7.23. The van der Waals surface area contributed by atoms with Crippen molar-refractivity contribution in [3.63, 3.8) is 0 Å². The summed E-state index contributed by atoms with van der Waals surface area (Å²) in [5, 5.41) is 10.9. The van der Waals surface area contributed by atoms with E-state index in [4.69, 9.17) is 4.74 Å². The van der Waals surface area contributed by atoms with Crippen molar-refractivity contribution in [2.75, 3.05) is 12.4 Å². The summed E-state index contributed by atoms with van der Waals surface area (Å²) in [7, 11) is 0. The van der Waals surface area contributed by atoms with Crippen LogP contribution >= 0.6 is 11.8 Å². The number of fused-ring (bicyclic) bond motifs is 1. The highest BCUT2D eigenvalue weighted by Crippen LogP contribution is 2.28. The van der Waals surface area contributed by atoms with Crippen molar-refractivity contribution in [1.29, 1.82) is 5.26 Å². The van der Waals surface area contributed by atoms with Crippen LogP contribution in [0.5, 0.6) is 0 Å². The van der Waals surface area contributed by atoms with Gasteiger partial charge in [-0.3, -0.25) is 4.79 Å². The third-order valence-corrected chi connectivity index (χ3v) is 3.81. The zero-order valence-corrected chi connectivity index (χ0v) is 12.2. The smallest absolute Gasteiger partial charge is 0.316 e. The molecule has 0 spiro atoms. The van der Waals surface area contributed by atoms with Crippen molar-refractivity contribution >= 4 is 28.6 Å². The van der Waals surface area contributed by atoms with E-state index in [1.54, 1.807) is 6.92 Å². The van der Waals surface area contributed by atoms with Gasteiger partial charge >= 0.3 is 5.97 Å². The van der Waals surface area contributed by atoms with Gasteiger partial charge in [-0.2, -0.15) is 5.26 Å². The largest absolute Gasteiger partial charge is 0.465 e. The third-order valence-electron chi connectivity index (χ3n) is 2.86. The van der Waals surface area contributed by atoms with Crippen LogP contribution in [0.4, 0.5) is 0 Å². The Balaban J connectivity index is 2.37. The highest BCUT2D eigenvalue weighted by atomic mass is 32.2. The Labute approximate surface area is 121 Å². The van der Waals surface area contributed by atoms with Gasteiger partial charge in [0, 0.05) is 5.39 Å². The van der Waals surface area contributed by atoms with Crippen molar-refractivity contribution in [3.05, 3.63) is 35.4 Å². The second kappa shape index (κ2) is 6.40. The summed E-state index contributed by atoms with van der Waals surface area (Å²) in [5.41, 5.74) is 2.25. The lowest BCUT2D eigenvalue weighted by Gasteiger charge is -2.09. The van der Waals surface area contributed by atoms with Crippen molar-refractivity contribution in [1.82, 2.24) is 4.98 Å². The summed E-state index contributed by atoms with van der Waals surface area (Å²) >= 11 is 1.24. The number of ether oxygens (including phenoxy) is 1. The fraction of sp³-hybridized carbons (Fsp3) is 0.267. The molecule has 0 aliphatic carbocycles. The molecule has 2 rings (SSSR count). The Morgan fingerprint density at radius 2 is 2.20 bits per heavy atom.